The Bertz CT molecular complexity index is 718. The molecule has 3 heteroatoms. The molecule has 0 N–H and O–H groups in total. The summed E-state index contributed by atoms with van der Waals surface area (Å²) in [5.41, 5.74) is 3.83. The van der Waals surface area contributed by atoms with Crippen molar-refractivity contribution in [2.45, 2.75) is 45.1 Å². The highest BCUT2D eigenvalue weighted by Gasteiger charge is 2.48. The lowest BCUT2D eigenvalue weighted by Crippen LogP contribution is -2.54. The van der Waals surface area contributed by atoms with Crippen molar-refractivity contribution in [3.63, 3.8) is 0 Å². The third kappa shape index (κ3) is 1.74. The minimum atomic E-state index is -0.290. The minimum Gasteiger partial charge on any atom is -0.364 e. The van der Waals surface area contributed by atoms with E-state index < -0.39 is 0 Å². The summed E-state index contributed by atoms with van der Waals surface area (Å²) in [6, 6.07) is 8.44. The van der Waals surface area contributed by atoms with Gasteiger partial charge in [-0.25, -0.2) is 0 Å². The molecule has 114 valence electrons. The number of allylic oxidation sites excluding steroid dienone is 2. The monoisotopic (exact) mass is 295 g/mol. The van der Waals surface area contributed by atoms with Crippen molar-refractivity contribution in [2.24, 2.45) is 5.92 Å². The Labute approximate surface area is 131 Å². The fourth-order valence-electron chi connectivity index (χ4n) is 4.56. The maximum absolute atomic E-state index is 12.7. The quantitative estimate of drug-likeness (QED) is 0.691. The Morgan fingerprint density at radius 2 is 1.91 bits per heavy atom. The molecule has 2 heterocycles. The molecule has 0 unspecified atom stereocenters. The first-order valence-electron chi connectivity index (χ1n) is 8.16. The maximum atomic E-state index is 12.7. The summed E-state index contributed by atoms with van der Waals surface area (Å²) >= 11 is 0. The molecule has 0 bridgehead atoms. The van der Waals surface area contributed by atoms with Gasteiger partial charge in [-0.15, -0.1) is 0 Å². The number of hydrogen-bond donors (Lipinski definition) is 0. The van der Waals surface area contributed by atoms with Crippen LogP contribution in [0.3, 0.4) is 0 Å². The van der Waals surface area contributed by atoms with Crippen LogP contribution in [0.5, 0.6) is 0 Å². The van der Waals surface area contributed by atoms with E-state index in [9.17, 15) is 9.59 Å². The summed E-state index contributed by atoms with van der Waals surface area (Å²) in [4.78, 5) is 27.4. The second kappa shape index (κ2) is 4.55. The number of Topliss-reactive ketones (excluding diaryl/α,β-unsaturated/α-hetero) is 2. The van der Waals surface area contributed by atoms with Gasteiger partial charge in [0, 0.05) is 25.1 Å². The molecule has 0 amide bonds. The predicted molar refractivity (Wildman–Crippen MR) is 84.3 cm³/mol. The smallest absolute Gasteiger partial charge is 0.170 e. The van der Waals surface area contributed by atoms with Gasteiger partial charge in [0.2, 0.25) is 0 Å². The van der Waals surface area contributed by atoms with Crippen molar-refractivity contribution in [2.75, 3.05) is 6.54 Å². The molecule has 3 nitrogen and oxygen atoms in total. The molecule has 0 spiro atoms. The van der Waals surface area contributed by atoms with Gasteiger partial charge in [0.15, 0.2) is 11.6 Å². The molecule has 2 atom stereocenters. The van der Waals surface area contributed by atoms with Crippen LogP contribution in [-0.2, 0) is 21.5 Å². The van der Waals surface area contributed by atoms with E-state index >= 15 is 0 Å². The van der Waals surface area contributed by atoms with E-state index in [1.54, 1.807) is 0 Å². The zero-order chi connectivity index (χ0) is 15.5. The standard InChI is InChI=1S/C19H21NO2/c1-12-9-15-18(16(21)10-12)17(22)11-19(2)14-6-4-3-5-13(14)7-8-20(15)19/h3-6,12H,7-11H2,1-2H3/t12-,19-/m1/s1. The molecule has 3 aliphatic rings. The number of carbonyl (C=O) groups is 2. The predicted octanol–water partition coefficient (Wildman–Crippen LogP) is 2.99. The van der Waals surface area contributed by atoms with Crippen LogP contribution in [0, 0.1) is 5.92 Å². The Balaban J connectivity index is 1.89. The molecule has 0 saturated heterocycles. The first-order chi connectivity index (χ1) is 10.5. The first-order valence-corrected chi connectivity index (χ1v) is 8.16. The zero-order valence-corrected chi connectivity index (χ0v) is 13.2. The summed E-state index contributed by atoms with van der Waals surface area (Å²) in [6.45, 7) is 5.17. The van der Waals surface area contributed by atoms with Crippen molar-refractivity contribution in [3.8, 4) is 0 Å². The maximum Gasteiger partial charge on any atom is 0.170 e. The fraction of sp³-hybridized carbons (Fsp3) is 0.474. The van der Waals surface area contributed by atoms with Gasteiger partial charge in [-0.1, -0.05) is 31.2 Å². The Hall–Kier alpha value is -1.90. The van der Waals surface area contributed by atoms with Gasteiger partial charge < -0.3 is 4.90 Å². The van der Waals surface area contributed by atoms with E-state index in [0.717, 1.165) is 25.1 Å². The molecule has 0 radical (unpaired) electrons. The SMILES string of the molecule is C[C@H]1CC(=O)C2=C(C1)N1CCc3ccccc3[C@@]1(C)CC2=O. The molecule has 0 aromatic heterocycles. The molecule has 1 aliphatic carbocycles. The van der Waals surface area contributed by atoms with E-state index in [4.69, 9.17) is 0 Å². The molecule has 1 aromatic carbocycles. The molecule has 22 heavy (non-hydrogen) atoms. The Morgan fingerprint density at radius 1 is 1.14 bits per heavy atom. The van der Waals surface area contributed by atoms with Crippen LogP contribution >= 0.6 is 0 Å². The zero-order valence-electron chi connectivity index (χ0n) is 13.2. The lowest BCUT2D eigenvalue weighted by Gasteiger charge is -2.52. The van der Waals surface area contributed by atoms with E-state index in [1.165, 1.54) is 11.1 Å². The van der Waals surface area contributed by atoms with Crippen molar-refractivity contribution >= 4 is 11.6 Å². The number of benzene rings is 1. The van der Waals surface area contributed by atoms with Crippen molar-refractivity contribution in [3.05, 3.63) is 46.7 Å². The average Bonchev–Trinajstić information content (AvgIpc) is 2.46. The lowest BCUT2D eigenvalue weighted by molar-refractivity contribution is -0.126. The van der Waals surface area contributed by atoms with Crippen LogP contribution in [0.4, 0.5) is 0 Å². The first kappa shape index (κ1) is 13.7. The second-order valence-electron chi connectivity index (χ2n) is 7.19. The molecule has 1 aromatic rings. The van der Waals surface area contributed by atoms with E-state index in [2.05, 4.69) is 43.0 Å². The summed E-state index contributed by atoms with van der Waals surface area (Å²) < 4.78 is 0. The highest BCUT2D eigenvalue weighted by molar-refractivity contribution is 6.22. The normalized spacial score (nSPS) is 30.8. The van der Waals surface area contributed by atoms with Crippen molar-refractivity contribution in [1.29, 1.82) is 0 Å². The van der Waals surface area contributed by atoms with Gasteiger partial charge >= 0.3 is 0 Å². The van der Waals surface area contributed by atoms with Gasteiger partial charge in [-0.3, -0.25) is 9.59 Å². The van der Waals surface area contributed by atoms with Crippen LogP contribution in [0.1, 0.15) is 44.2 Å². The largest absolute Gasteiger partial charge is 0.364 e. The van der Waals surface area contributed by atoms with Crippen LogP contribution in [-0.4, -0.2) is 23.0 Å². The summed E-state index contributed by atoms with van der Waals surface area (Å²) in [7, 11) is 0. The van der Waals surface area contributed by atoms with Gasteiger partial charge in [0.25, 0.3) is 0 Å². The van der Waals surface area contributed by atoms with Gasteiger partial charge in [0.05, 0.1) is 11.1 Å². The van der Waals surface area contributed by atoms with E-state index in [1.807, 2.05) is 0 Å². The summed E-state index contributed by atoms with van der Waals surface area (Å²) in [5.74, 6) is 0.431. The van der Waals surface area contributed by atoms with Crippen LogP contribution in [0.25, 0.3) is 0 Å². The number of fused-ring (bicyclic) bond motifs is 4. The molecule has 2 aliphatic heterocycles. The minimum absolute atomic E-state index is 0.0438. The second-order valence-corrected chi connectivity index (χ2v) is 7.19. The number of nitrogens with zero attached hydrogens (tertiary/aromatic N) is 1. The highest BCUT2D eigenvalue weighted by atomic mass is 16.1. The van der Waals surface area contributed by atoms with E-state index in [-0.39, 0.29) is 17.1 Å². The number of ketones is 2. The topological polar surface area (TPSA) is 37.4 Å². The number of rotatable bonds is 0. The van der Waals surface area contributed by atoms with Crippen LogP contribution < -0.4 is 0 Å². The third-order valence-corrected chi connectivity index (χ3v) is 5.55. The Kier molecular flexibility index (Phi) is 2.84. The number of hydrogen-bond acceptors (Lipinski definition) is 3. The number of carbonyl (C=O) groups excluding carboxylic acids is 2. The van der Waals surface area contributed by atoms with Crippen molar-refractivity contribution in [1.82, 2.24) is 4.90 Å². The molecule has 0 saturated carbocycles. The van der Waals surface area contributed by atoms with Gasteiger partial charge in [0.1, 0.15) is 0 Å². The molecule has 4 rings (SSSR count). The Morgan fingerprint density at radius 3 is 2.73 bits per heavy atom. The van der Waals surface area contributed by atoms with Crippen molar-refractivity contribution < 1.29 is 9.59 Å². The lowest BCUT2D eigenvalue weighted by atomic mass is 9.71. The van der Waals surface area contributed by atoms with Crippen LogP contribution in [0.15, 0.2) is 35.5 Å². The average molecular weight is 295 g/mol. The van der Waals surface area contributed by atoms with Crippen LogP contribution in [0.2, 0.25) is 0 Å². The molecule has 0 fully saturated rings. The van der Waals surface area contributed by atoms with E-state index in [0.29, 0.717) is 24.3 Å². The fourth-order valence-corrected chi connectivity index (χ4v) is 4.56. The van der Waals surface area contributed by atoms with Gasteiger partial charge in [-0.05, 0) is 36.8 Å². The summed E-state index contributed by atoms with van der Waals surface area (Å²) in [6.07, 6.45) is 2.78. The van der Waals surface area contributed by atoms with Gasteiger partial charge in [-0.2, -0.15) is 0 Å². The molecular formula is C19H21NO2. The molecular weight excluding hydrogens is 274 g/mol. The third-order valence-electron chi connectivity index (χ3n) is 5.55. The highest BCUT2D eigenvalue weighted by Crippen LogP contribution is 2.47. The summed E-state index contributed by atoms with van der Waals surface area (Å²) in [5, 5.41) is 0.